The molecule has 13 heavy (non-hydrogen) atoms. The minimum Gasteiger partial charge on any atom is -0.390 e. The number of hydrogen-bond acceptors (Lipinski definition) is 2. The molecule has 0 radical (unpaired) electrons. The van der Waals surface area contributed by atoms with Crippen LogP contribution < -0.4 is 5.73 Å². The number of hydrogen-bond donors (Lipinski definition) is 2. The maximum atomic E-state index is 10.2. The first-order valence-corrected chi connectivity index (χ1v) is 5.54. The summed E-state index contributed by atoms with van der Waals surface area (Å²) in [6.07, 6.45) is 4.61. The van der Waals surface area contributed by atoms with Gasteiger partial charge in [-0.15, -0.1) is 11.6 Å². The zero-order valence-electron chi connectivity index (χ0n) is 7.67. The predicted octanol–water partition coefficient (Wildman–Crippen LogP) is 1.25. The topological polar surface area (TPSA) is 46.2 Å². The van der Waals surface area contributed by atoms with Crippen LogP contribution in [-0.4, -0.2) is 21.6 Å². The van der Waals surface area contributed by atoms with Crippen LogP contribution in [0.25, 0.3) is 0 Å². The van der Waals surface area contributed by atoms with E-state index in [-0.39, 0.29) is 4.87 Å². The third kappa shape index (κ3) is 1.09. The summed E-state index contributed by atoms with van der Waals surface area (Å²) in [6, 6.07) is 0.299. The highest BCUT2D eigenvalue weighted by molar-refractivity contribution is 6.24. The minimum absolute atomic E-state index is 0.115. The van der Waals surface area contributed by atoms with Crippen LogP contribution in [0.5, 0.6) is 0 Å². The monoisotopic (exact) mass is 201 g/mol. The van der Waals surface area contributed by atoms with Gasteiger partial charge in [-0.1, -0.05) is 0 Å². The summed E-state index contributed by atoms with van der Waals surface area (Å²) in [5, 5.41) is 10.2. The van der Waals surface area contributed by atoms with E-state index in [0.29, 0.717) is 17.9 Å². The number of nitrogens with two attached hydrogens (primary N) is 1. The smallest absolute Gasteiger partial charge is 0.0671 e. The second-order valence-electron chi connectivity index (χ2n) is 5.47. The van der Waals surface area contributed by atoms with E-state index in [2.05, 4.69) is 0 Å². The Balaban J connectivity index is 1.99. The van der Waals surface area contributed by atoms with Crippen molar-refractivity contribution in [3.05, 3.63) is 0 Å². The van der Waals surface area contributed by atoms with Gasteiger partial charge < -0.3 is 10.8 Å². The maximum absolute atomic E-state index is 10.2. The van der Waals surface area contributed by atoms with Crippen LogP contribution in [-0.2, 0) is 0 Å². The molecule has 4 bridgehead atoms. The molecule has 2 nitrogen and oxygen atoms in total. The molecule has 74 valence electrons. The number of rotatable bonds is 0. The third-order valence-corrected chi connectivity index (χ3v) is 4.72. The van der Waals surface area contributed by atoms with Crippen molar-refractivity contribution in [2.24, 2.45) is 17.6 Å². The fourth-order valence-corrected chi connectivity index (χ4v) is 4.68. The first-order chi connectivity index (χ1) is 6.00. The van der Waals surface area contributed by atoms with Crippen molar-refractivity contribution in [1.29, 1.82) is 0 Å². The van der Waals surface area contributed by atoms with Gasteiger partial charge in [0.25, 0.3) is 0 Å². The van der Waals surface area contributed by atoms with Gasteiger partial charge in [-0.3, -0.25) is 0 Å². The van der Waals surface area contributed by atoms with Crippen LogP contribution in [0.1, 0.15) is 32.1 Å². The van der Waals surface area contributed by atoms with Crippen LogP contribution >= 0.6 is 11.6 Å². The van der Waals surface area contributed by atoms with E-state index in [0.717, 1.165) is 32.1 Å². The Morgan fingerprint density at radius 2 is 1.69 bits per heavy atom. The average Bonchev–Trinajstić information content (AvgIpc) is 1.94. The molecule has 4 rings (SSSR count). The van der Waals surface area contributed by atoms with Crippen molar-refractivity contribution >= 4 is 11.6 Å². The molecule has 0 heterocycles. The van der Waals surface area contributed by atoms with Crippen molar-refractivity contribution in [2.75, 3.05) is 0 Å². The number of alkyl halides is 1. The minimum atomic E-state index is -0.469. The number of aliphatic hydroxyl groups is 1. The Labute approximate surface area is 83.4 Å². The number of halogens is 1. The molecule has 2 atom stereocenters. The van der Waals surface area contributed by atoms with Gasteiger partial charge in [-0.25, -0.2) is 0 Å². The second-order valence-corrected chi connectivity index (χ2v) is 6.27. The lowest BCUT2D eigenvalue weighted by Gasteiger charge is -2.60. The summed E-state index contributed by atoms with van der Waals surface area (Å²) in [7, 11) is 0. The third-order valence-electron chi connectivity index (χ3n) is 4.27. The highest BCUT2D eigenvalue weighted by atomic mass is 35.5. The van der Waals surface area contributed by atoms with E-state index >= 15 is 0 Å². The highest BCUT2D eigenvalue weighted by Gasteiger charge is 2.59. The summed E-state index contributed by atoms with van der Waals surface area (Å²) < 4.78 is 0. The zero-order valence-corrected chi connectivity index (χ0v) is 8.43. The summed E-state index contributed by atoms with van der Waals surface area (Å²) in [5.41, 5.74) is 5.65. The molecular formula is C10H16ClNO. The molecule has 4 fully saturated rings. The summed E-state index contributed by atoms with van der Waals surface area (Å²) in [4.78, 5) is -0.115. The van der Waals surface area contributed by atoms with E-state index in [9.17, 15) is 5.11 Å². The van der Waals surface area contributed by atoms with Gasteiger partial charge in [-0.05, 0) is 43.9 Å². The Kier molecular flexibility index (Phi) is 1.46. The van der Waals surface area contributed by atoms with Crippen molar-refractivity contribution in [3.63, 3.8) is 0 Å². The quantitative estimate of drug-likeness (QED) is 0.580. The summed E-state index contributed by atoms with van der Waals surface area (Å²) in [5.74, 6) is 0.951. The second kappa shape index (κ2) is 2.23. The van der Waals surface area contributed by atoms with E-state index in [1.165, 1.54) is 0 Å². The van der Waals surface area contributed by atoms with Crippen molar-refractivity contribution in [2.45, 2.75) is 48.6 Å². The molecule has 4 aliphatic rings. The Bertz CT molecular complexity index is 219. The van der Waals surface area contributed by atoms with Crippen LogP contribution in [0.2, 0.25) is 0 Å². The molecule has 4 saturated carbocycles. The molecule has 0 aliphatic heterocycles. The lowest BCUT2D eigenvalue weighted by molar-refractivity contribution is -0.124. The fraction of sp³-hybridized carbons (Fsp3) is 1.00. The molecule has 4 aliphatic carbocycles. The molecule has 0 saturated heterocycles. The van der Waals surface area contributed by atoms with Crippen molar-refractivity contribution in [3.8, 4) is 0 Å². The summed E-state index contributed by atoms with van der Waals surface area (Å²) in [6.45, 7) is 0. The largest absolute Gasteiger partial charge is 0.390 e. The van der Waals surface area contributed by atoms with Crippen molar-refractivity contribution < 1.29 is 5.11 Å². The van der Waals surface area contributed by atoms with E-state index in [1.54, 1.807) is 0 Å². The average molecular weight is 202 g/mol. The van der Waals surface area contributed by atoms with Gasteiger partial charge in [-0.2, -0.15) is 0 Å². The molecule has 3 heteroatoms. The van der Waals surface area contributed by atoms with Crippen LogP contribution in [0.3, 0.4) is 0 Å². The van der Waals surface area contributed by atoms with Gasteiger partial charge in [0, 0.05) is 10.9 Å². The zero-order chi connectivity index (χ0) is 9.27. The molecule has 0 spiro atoms. The molecule has 0 amide bonds. The molecule has 0 aromatic rings. The standard InChI is InChI=1S/C10H16ClNO/c11-9-1-6-3-10(13,5-9)4-7(2-9)8(6)12/h6-8,13H,1-5,12H2. The molecule has 0 aromatic carbocycles. The van der Waals surface area contributed by atoms with Gasteiger partial charge in [0.15, 0.2) is 0 Å². The van der Waals surface area contributed by atoms with Crippen LogP contribution in [0, 0.1) is 11.8 Å². The Hall–Kier alpha value is 0.210. The van der Waals surface area contributed by atoms with Gasteiger partial charge in [0.05, 0.1) is 5.60 Å². The first kappa shape index (κ1) is 8.51. The predicted molar refractivity (Wildman–Crippen MR) is 51.6 cm³/mol. The Morgan fingerprint density at radius 1 is 1.15 bits per heavy atom. The van der Waals surface area contributed by atoms with E-state index in [4.69, 9.17) is 17.3 Å². The van der Waals surface area contributed by atoms with Gasteiger partial charge in [0.2, 0.25) is 0 Å². The summed E-state index contributed by atoms with van der Waals surface area (Å²) >= 11 is 6.47. The molecule has 3 N–H and O–H groups in total. The molecule has 0 aromatic heterocycles. The van der Waals surface area contributed by atoms with Crippen LogP contribution in [0.4, 0.5) is 0 Å². The van der Waals surface area contributed by atoms with E-state index < -0.39 is 5.60 Å². The van der Waals surface area contributed by atoms with E-state index in [1.807, 2.05) is 0 Å². The SMILES string of the molecule is NC1C2CC3(O)CC1CC(Cl)(C2)C3. The lowest BCUT2D eigenvalue weighted by atomic mass is 9.52. The molecule has 2 unspecified atom stereocenters. The van der Waals surface area contributed by atoms with Crippen molar-refractivity contribution in [1.82, 2.24) is 0 Å². The maximum Gasteiger partial charge on any atom is 0.0671 e. The van der Waals surface area contributed by atoms with Crippen LogP contribution in [0.15, 0.2) is 0 Å². The normalized spacial score (nSPS) is 64.4. The Morgan fingerprint density at radius 3 is 2.15 bits per heavy atom. The van der Waals surface area contributed by atoms with Gasteiger partial charge >= 0.3 is 0 Å². The fourth-order valence-electron chi connectivity index (χ4n) is 4.03. The highest BCUT2D eigenvalue weighted by Crippen LogP contribution is 2.59. The van der Waals surface area contributed by atoms with Gasteiger partial charge in [0.1, 0.15) is 0 Å². The first-order valence-electron chi connectivity index (χ1n) is 5.17. The lowest BCUT2D eigenvalue weighted by Crippen LogP contribution is -2.64. The molecular weight excluding hydrogens is 186 g/mol.